The maximum Gasteiger partial charge on any atom is 0.407 e. The smallest absolute Gasteiger partial charge is 0.407 e. The predicted molar refractivity (Wildman–Crippen MR) is 167 cm³/mol. The van der Waals surface area contributed by atoms with Gasteiger partial charge in [0.1, 0.15) is 6.10 Å². The normalized spacial score (nSPS) is 17.4. The van der Waals surface area contributed by atoms with E-state index < -0.39 is 0 Å². The third-order valence-corrected chi connectivity index (χ3v) is 8.61. The molecule has 2 aliphatic rings. The molecule has 6 rings (SSSR count). The molecule has 1 saturated carbocycles. The van der Waals surface area contributed by atoms with Crippen LogP contribution in [0, 0.1) is 0 Å². The Morgan fingerprint density at radius 3 is 2.19 bits per heavy atom. The molecule has 9 nitrogen and oxygen atoms in total. The van der Waals surface area contributed by atoms with Crippen LogP contribution in [0.1, 0.15) is 48.5 Å². The number of aromatic nitrogens is 4. The molecule has 0 bridgehead atoms. The Bertz CT molecular complexity index is 1400. The van der Waals surface area contributed by atoms with E-state index >= 15 is 0 Å². The molecule has 2 fully saturated rings. The lowest BCUT2D eigenvalue weighted by Gasteiger charge is -2.35. The van der Waals surface area contributed by atoms with Crippen LogP contribution in [0.15, 0.2) is 91.4 Å². The Hall–Kier alpha value is -4.24. The van der Waals surface area contributed by atoms with E-state index in [2.05, 4.69) is 85.1 Å². The number of piperazine rings is 1. The van der Waals surface area contributed by atoms with Gasteiger partial charge in [0.2, 0.25) is 0 Å². The zero-order chi connectivity index (χ0) is 29.3. The molecule has 224 valence electrons. The third kappa shape index (κ3) is 7.99. The summed E-state index contributed by atoms with van der Waals surface area (Å²) in [4.78, 5) is 22.2. The maximum atomic E-state index is 13.2. The van der Waals surface area contributed by atoms with Crippen molar-refractivity contribution in [3.05, 3.63) is 108 Å². The van der Waals surface area contributed by atoms with Crippen molar-refractivity contribution in [2.45, 2.75) is 63.3 Å². The largest absolute Gasteiger partial charge is 0.446 e. The molecule has 9 heteroatoms. The van der Waals surface area contributed by atoms with E-state index in [-0.39, 0.29) is 24.3 Å². The van der Waals surface area contributed by atoms with Gasteiger partial charge in [-0.3, -0.25) is 9.88 Å². The average Bonchev–Trinajstić information content (AvgIpc) is 3.74. The molecular formula is C34H41N7O2. The fraction of sp³-hybridized carbons (Fsp3) is 0.412. The molecule has 0 spiro atoms. The van der Waals surface area contributed by atoms with Crippen molar-refractivity contribution in [2.24, 2.45) is 0 Å². The Labute approximate surface area is 253 Å². The van der Waals surface area contributed by atoms with Crippen molar-refractivity contribution in [2.75, 3.05) is 31.1 Å². The molecule has 0 radical (unpaired) electrons. The van der Waals surface area contributed by atoms with Gasteiger partial charge >= 0.3 is 6.09 Å². The quantitative estimate of drug-likeness (QED) is 0.266. The summed E-state index contributed by atoms with van der Waals surface area (Å²) >= 11 is 0. The van der Waals surface area contributed by atoms with Crippen molar-refractivity contribution in [3.63, 3.8) is 0 Å². The highest BCUT2D eigenvalue weighted by molar-refractivity contribution is 5.68. The molecule has 1 saturated heterocycles. The van der Waals surface area contributed by atoms with E-state index in [0.717, 1.165) is 69.7 Å². The minimum atomic E-state index is -0.349. The number of ether oxygens (including phenoxy) is 1. The molecular weight excluding hydrogens is 538 g/mol. The molecule has 1 aliphatic heterocycles. The molecule has 2 atom stereocenters. The van der Waals surface area contributed by atoms with Gasteiger partial charge in [0.05, 0.1) is 24.0 Å². The van der Waals surface area contributed by atoms with Gasteiger partial charge in [-0.2, -0.15) is 0 Å². The Morgan fingerprint density at radius 1 is 0.860 bits per heavy atom. The SMILES string of the molecule is O=C(N[C@@H](Cc1ccccc1)[C@H](Cc1ccccc1)n1cc(CN2CCN(c3ccncc3)CC2)nn1)OC1CCCC1. The van der Waals surface area contributed by atoms with Crippen LogP contribution in [0.3, 0.4) is 0 Å². The highest BCUT2D eigenvalue weighted by Crippen LogP contribution is 2.24. The second kappa shape index (κ2) is 14.3. The summed E-state index contributed by atoms with van der Waals surface area (Å²) < 4.78 is 7.81. The number of benzene rings is 2. The number of amides is 1. The zero-order valence-corrected chi connectivity index (χ0v) is 24.7. The number of carbonyl (C=O) groups is 1. The van der Waals surface area contributed by atoms with Crippen LogP contribution in [0.4, 0.5) is 10.5 Å². The fourth-order valence-corrected chi connectivity index (χ4v) is 6.27. The summed E-state index contributed by atoms with van der Waals surface area (Å²) in [5.74, 6) is 0. The average molecular weight is 580 g/mol. The molecule has 3 heterocycles. The van der Waals surface area contributed by atoms with Crippen molar-refractivity contribution in [1.29, 1.82) is 0 Å². The van der Waals surface area contributed by atoms with Gasteiger partial charge in [-0.25, -0.2) is 9.48 Å². The van der Waals surface area contributed by atoms with E-state index in [9.17, 15) is 4.79 Å². The maximum absolute atomic E-state index is 13.2. The summed E-state index contributed by atoms with van der Waals surface area (Å²) in [6.07, 6.45) is 10.9. The number of hydrogen-bond donors (Lipinski definition) is 1. The molecule has 1 aliphatic carbocycles. The van der Waals surface area contributed by atoms with Crippen molar-refractivity contribution >= 4 is 11.8 Å². The van der Waals surface area contributed by atoms with E-state index in [0.29, 0.717) is 12.8 Å². The minimum Gasteiger partial charge on any atom is -0.446 e. The van der Waals surface area contributed by atoms with Crippen molar-refractivity contribution in [3.8, 4) is 0 Å². The van der Waals surface area contributed by atoms with E-state index in [4.69, 9.17) is 4.74 Å². The number of nitrogens with zero attached hydrogens (tertiary/aromatic N) is 6. The predicted octanol–water partition coefficient (Wildman–Crippen LogP) is 5.06. The number of nitrogens with one attached hydrogen (secondary N) is 1. The van der Waals surface area contributed by atoms with Gasteiger partial charge < -0.3 is 15.0 Å². The van der Waals surface area contributed by atoms with E-state index in [1.54, 1.807) is 0 Å². The molecule has 2 aromatic carbocycles. The van der Waals surface area contributed by atoms with Crippen molar-refractivity contribution in [1.82, 2.24) is 30.2 Å². The highest BCUT2D eigenvalue weighted by Gasteiger charge is 2.29. The first-order chi connectivity index (χ1) is 21.2. The number of carbonyl (C=O) groups excluding carboxylic acids is 1. The Balaban J connectivity index is 1.19. The first-order valence-electron chi connectivity index (χ1n) is 15.5. The van der Waals surface area contributed by atoms with Gasteiger partial charge in [0.25, 0.3) is 0 Å². The van der Waals surface area contributed by atoms with E-state index in [1.807, 2.05) is 41.3 Å². The van der Waals surface area contributed by atoms with Crippen LogP contribution in [-0.4, -0.2) is 69.3 Å². The summed E-state index contributed by atoms with van der Waals surface area (Å²) in [5, 5.41) is 12.5. The summed E-state index contributed by atoms with van der Waals surface area (Å²) in [6, 6.07) is 24.4. The van der Waals surface area contributed by atoms with Crippen LogP contribution >= 0.6 is 0 Å². The van der Waals surface area contributed by atoms with Crippen molar-refractivity contribution < 1.29 is 9.53 Å². The second-order valence-electron chi connectivity index (χ2n) is 11.7. The molecule has 1 amide bonds. The molecule has 4 aromatic rings. The first-order valence-corrected chi connectivity index (χ1v) is 15.5. The number of pyridine rings is 1. The fourth-order valence-electron chi connectivity index (χ4n) is 6.27. The number of rotatable bonds is 11. The minimum absolute atomic E-state index is 0.00180. The second-order valence-corrected chi connectivity index (χ2v) is 11.7. The lowest BCUT2D eigenvalue weighted by molar-refractivity contribution is 0.0946. The van der Waals surface area contributed by atoms with Gasteiger partial charge in [0, 0.05) is 50.8 Å². The standard InChI is InChI=1S/C34H41N7O2/c42-34(43-31-13-7-8-14-31)36-32(23-27-9-3-1-4-10-27)33(24-28-11-5-2-6-12-28)41-26-29(37-38-41)25-39-19-21-40(22-20-39)30-15-17-35-18-16-30/h1-6,9-12,15-18,26,31-33H,7-8,13-14,19-25H2,(H,36,42)/t32-,33-/m0/s1. The van der Waals surface area contributed by atoms with Crippen LogP contribution in [0.25, 0.3) is 0 Å². The van der Waals surface area contributed by atoms with Gasteiger partial charge in [-0.15, -0.1) is 5.10 Å². The highest BCUT2D eigenvalue weighted by atomic mass is 16.6. The van der Waals surface area contributed by atoms with Gasteiger partial charge in [0.15, 0.2) is 0 Å². The Morgan fingerprint density at radius 2 is 1.51 bits per heavy atom. The molecule has 2 aromatic heterocycles. The number of alkyl carbamates (subject to hydrolysis) is 1. The Kier molecular flexibility index (Phi) is 9.59. The monoisotopic (exact) mass is 579 g/mol. The lowest BCUT2D eigenvalue weighted by atomic mass is 9.94. The van der Waals surface area contributed by atoms with Crippen LogP contribution in [0.5, 0.6) is 0 Å². The van der Waals surface area contributed by atoms with E-state index in [1.165, 1.54) is 11.3 Å². The number of anilines is 1. The summed E-state index contributed by atoms with van der Waals surface area (Å²) in [5.41, 5.74) is 4.48. The first kappa shape index (κ1) is 28.9. The molecule has 0 unspecified atom stereocenters. The summed E-state index contributed by atoms with van der Waals surface area (Å²) in [7, 11) is 0. The molecule has 43 heavy (non-hydrogen) atoms. The van der Waals surface area contributed by atoms with Gasteiger partial charge in [-0.1, -0.05) is 65.9 Å². The topological polar surface area (TPSA) is 88.4 Å². The molecule has 1 N–H and O–H groups in total. The number of hydrogen-bond acceptors (Lipinski definition) is 7. The van der Waals surface area contributed by atoms with Crippen LogP contribution in [0.2, 0.25) is 0 Å². The lowest BCUT2D eigenvalue weighted by Crippen LogP contribution is -2.46. The summed E-state index contributed by atoms with van der Waals surface area (Å²) in [6.45, 7) is 4.56. The van der Waals surface area contributed by atoms with Crippen LogP contribution in [-0.2, 0) is 24.1 Å². The van der Waals surface area contributed by atoms with Crippen LogP contribution < -0.4 is 10.2 Å². The third-order valence-electron chi connectivity index (χ3n) is 8.61. The van der Waals surface area contributed by atoms with Gasteiger partial charge in [-0.05, 0) is 61.8 Å². The zero-order valence-electron chi connectivity index (χ0n) is 24.7.